The molecular weight excluding hydrogens is 244 g/mol. The Morgan fingerprint density at radius 2 is 2.37 bits per heavy atom. The van der Waals surface area contributed by atoms with Crippen molar-refractivity contribution in [3.05, 3.63) is 42.0 Å². The van der Waals surface area contributed by atoms with Gasteiger partial charge in [0.2, 0.25) is 0 Å². The molecule has 1 aromatic heterocycles. The van der Waals surface area contributed by atoms with Crippen molar-refractivity contribution in [1.29, 1.82) is 0 Å². The van der Waals surface area contributed by atoms with Crippen LogP contribution in [0.3, 0.4) is 0 Å². The topological polar surface area (TPSA) is 79.9 Å². The van der Waals surface area contributed by atoms with Gasteiger partial charge in [0.15, 0.2) is 6.61 Å². The van der Waals surface area contributed by atoms with Crippen molar-refractivity contribution in [1.82, 2.24) is 20.5 Å². The van der Waals surface area contributed by atoms with Gasteiger partial charge in [-0.3, -0.25) is 9.89 Å². The molecule has 0 aliphatic carbocycles. The van der Waals surface area contributed by atoms with Crippen molar-refractivity contribution in [3.8, 4) is 5.75 Å². The van der Waals surface area contributed by atoms with Crippen LogP contribution in [0.1, 0.15) is 11.4 Å². The highest BCUT2D eigenvalue weighted by Crippen LogP contribution is 2.11. The molecule has 0 saturated heterocycles. The van der Waals surface area contributed by atoms with E-state index >= 15 is 0 Å². The maximum absolute atomic E-state index is 11.5. The van der Waals surface area contributed by atoms with Gasteiger partial charge in [0.25, 0.3) is 5.91 Å². The fourth-order valence-corrected chi connectivity index (χ4v) is 1.58. The van der Waals surface area contributed by atoms with Crippen LogP contribution in [-0.2, 0) is 11.2 Å². The highest BCUT2D eigenvalue weighted by atomic mass is 16.5. The van der Waals surface area contributed by atoms with Crippen LogP contribution in [0.15, 0.2) is 30.6 Å². The van der Waals surface area contributed by atoms with E-state index in [1.165, 1.54) is 6.33 Å². The number of nitrogens with one attached hydrogen (secondary N) is 2. The van der Waals surface area contributed by atoms with Crippen molar-refractivity contribution >= 4 is 5.91 Å². The third-order valence-electron chi connectivity index (χ3n) is 2.51. The second-order valence-corrected chi connectivity index (χ2v) is 4.14. The number of ether oxygens (including phenoxy) is 1. The maximum Gasteiger partial charge on any atom is 0.257 e. The van der Waals surface area contributed by atoms with Gasteiger partial charge in [0, 0.05) is 13.0 Å². The summed E-state index contributed by atoms with van der Waals surface area (Å²) in [4.78, 5) is 15.5. The summed E-state index contributed by atoms with van der Waals surface area (Å²) in [6.45, 7) is 2.50. The predicted octanol–water partition coefficient (Wildman–Crippen LogP) is 0.851. The minimum Gasteiger partial charge on any atom is -0.484 e. The summed E-state index contributed by atoms with van der Waals surface area (Å²) < 4.78 is 5.39. The minimum atomic E-state index is -0.152. The molecule has 0 radical (unpaired) electrons. The highest BCUT2D eigenvalue weighted by molar-refractivity contribution is 5.77. The Morgan fingerprint density at radius 1 is 1.47 bits per heavy atom. The number of amides is 1. The molecule has 6 heteroatoms. The first kappa shape index (κ1) is 13.1. The Hall–Kier alpha value is -2.37. The molecule has 2 rings (SSSR count). The van der Waals surface area contributed by atoms with Crippen LogP contribution in [0, 0.1) is 6.92 Å². The lowest BCUT2D eigenvalue weighted by atomic mass is 10.2. The molecule has 0 unspecified atom stereocenters. The zero-order valence-electron chi connectivity index (χ0n) is 10.7. The molecule has 0 aliphatic heterocycles. The van der Waals surface area contributed by atoms with Gasteiger partial charge in [-0.05, 0) is 24.6 Å². The zero-order chi connectivity index (χ0) is 13.5. The lowest BCUT2D eigenvalue weighted by Crippen LogP contribution is -2.30. The molecule has 0 spiro atoms. The lowest BCUT2D eigenvalue weighted by Gasteiger charge is -2.07. The number of hydrogen-bond acceptors (Lipinski definition) is 4. The van der Waals surface area contributed by atoms with Crippen molar-refractivity contribution in [2.24, 2.45) is 0 Å². The number of aromatic amines is 1. The van der Waals surface area contributed by atoms with Crippen LogP contribution in [0.2, 0.25) is 0 Å². The van der Waals surface area contributed by atoms with Gasteiger partial charge in [-0.15, -0.1) is 0 Å². The number of carbonyl (C=O) groups is 1. The van der Waals surface area contributed by atoms with Crippen LogP contribution < -0.4 is 10.1 Å². The monoisotopic (exact) mass is 260 g/mol. The fraction of sp³-hybridized carbons (Fsp3) is 0.308. The molecule has 19 heavy (non-hydrogen) atoms. The minimum absolute atomic E-state index is 0.0137. The van der Waals surface area contributed by atoms with E-state index < -0.39 is 0 Å². The van der Waals surface area contributed by atoms with E-state index in [1.807, 2.05) is 31.2 Å². The van der Waals surface area contributed by atoms with Gasteiger partial charge in [-0.2, -0.15) is 5.10 Å². The molecular formula is C13H16N4O2. The summed E-state index contributed by atoms with van der Waals surface area (Å²) in [5, 5.41) is 9.22. The Kier molecular flexibility index (Phi) is 4.49. The third kappa shape index (κ3) is 4.42. The number of nitrogens with zero attached hydrogens (tertiary/aromatic N) is 2. The van der Waals surface area contributed by atoms with Gasteiger partial charge >= 0.3 is 0 Å². The highest BCUT2D eigenvalue weighted by Gasteiger charge is 2.03. The second kappa shape index (κ2) is 6.53. The molecule has 100 valence electrons. The molecule has 1 amide bonds. The molecule has 0 bridgehead atoms. The lowest BCUT2D eigenvalue weighted by molar-refractivity contribution is -0.123. The zero-order valence-corrected chi connectivity index (χ0v) is 10.7. The van der Waals surface area contributed by atoms with Crippen molar-refractivity contribution in [2.75, 3.05) is 13.2 Å². The largest absolute Gasteiger partial charge is 0.484 e. The van der Waals surface area contributed by atoms with Gasteiger partial charge in [-0.1, -0.05) is 12.1 Å². The van der Waals surface area contributed by atoms with E-state index in [1.54, 1.807) is 0 Å². The fourth-order valence-electron chi connectivity index (χ4n) is 1.58. The van der Waals surface area contributed by atoms with E-state index in [0.717, 1.165) is 11.4 Å². The number of H-pyrrole nitrogens is 1. The number of carbonyl (C=O) groups excluding carboxylic acids is 1. The van der Waals surface area contributed by atoms with Crippen LogP contribution in [0.5, 0.6) is 5.75 Å². The van der Waals surface area contributed by atoms with Gasteiger partial charge < -0.3 is 10.1 Å². The summed E-state index contributed by atoms with van der Waals surface area (Å²) in [5.74, 6) is 1.30. The van der Waals surface area contributed by atoms with Gasteiger partial charge in [0.1, 0.15) is 17.9 Å². The second-order valence-electron chi connectivity index (χ2n) is 4.14. The average Bonchev–Trinajstić information content (AvgIpc) is 2.90. The Labute approximate surface area is 111 Å². The summed E-state index contributed by atoms with van der Waals surface area (Å²) >= 11 is 0. The van der Waals surface area contributed by atoms with Crippen LogP contribution in [0.4, 0.5) is 0 Å². The molecule has 6 nitrogen and oxygen atoms in total. The van der Waals surface area contributed by atoms with Crippen molar-refractivity contribution in [2.45, 2.75) is 13.3 Å². The molecule has 0 fully saturated rings. The first-order valence-electron chi connectivity index (χ1n) is 6.04. The maximum atomic E-state index is 11.5. The molecule has 0 atom stereocenters. The molecule has 2 aromatic rings. The Morgan fingerprint density at radius 3 is 3.11 bits per heavy atom. The van der Waals surface area contributed by atoms with Crippen LogP contribution >= 0.6 is 0 Å². The SMILES string of the molecule is Cc1cccc(OCC(=O)NCCc2ncn[nH]2)c1. The Balaban J connectivity index is 1.67. The van der Waals surface area contributed by atoms with Crippen molar-refractivity contribution < 1.29 is 9.53 Å². The van der Waals surface area contributed by atoms with Crippen LogP contribution in [-0.4, -0.2) is 34.2 Å². The van der Waals surface area contributed by atoms with E-state index in [0.29, 0.717) is 18.7 Å². The molecule has 1 aromatic carbocycles. The molecule has 0 saturated carbocycles. The number of rotatable bonds is 6. The summed E-state index contributed by atoms with van der Waals surface area (Å²) in [5.41, 5.74) is 1.10. The quantitative estimate of drug-likeness (QED) is 0.807. The normalized spacial score (nSPS) is 10.2. The van der Waals surface area contributed by atoms with Gasteiger partial charge in [-0.25, -0.2) is 4.98 Å². The van der Waals surface area contributed by atoms with E-state index in [-0.39, 0.29) is 12.5 Å². The van der Waals surface area contributed by atoms with E-state index in [2.05, 4.69) is 20.5 Å². The number of hydrogen-bond donors (Lipinski definition) is 2. The first-order valence-corrected chi connectivity index (χ1v) is 6.04. The smallest absolute Gasteiger partial charge is 0.257 e. The van der Waals surface area contributed by atoms with Crippen molar-refractivity contribution in [3.63, 3.8) is 0 Å². The van der Waals surface area contributed by atoms with E-state index in [9.17, 15) is 4.79 Å². The summed E-state index contributed by atoms with van der Waals surface area (Å²) in [6, 6.07) is 7.59. The molecule has 0 aliphatic rings. The first-order chi connectivity index (χ1) is 9.24. The van der Waals surface area contributed by atoms with E-state index in [4.69, 9.17) is 4.74 Å². The number of aromatic nitrogens is 3. The third-order valence-corrected chi connectivity index (χ3v) is 2.51. The van der Waals surface area contributed by atoms with Crippen LogP contribution in [0.25, 0.3) is 0 Å². The molecule has 1 heterocycles. The van der Waals surface area contributed by atoms with Gasteiger partial charge in [0.05, 0.1) is 0 Å². The molecule has 2 N–H and O–H groups in total. The summed E-state index contributed by atoms with van der Waals surface area (Å²) in [7, 11) is 0. The average molecular weight is 260 g/mol. The predicted molar refractivity (Wildman–Crippen MR) is 69.8 cm³/mol. The Bertz CT molecular complexity index is 525. The standard InChI is InChI=1S/C13H16N4O2/c1-10-3-2-4-11(7-10)19-8-13(18)14-6-5-12-15-9-16-17-12/h2-4,7,9H,5-6,8H2,1H3,(H,14,18)(H,15,16,17). The summed E-state index contributed by atoms with van der Waals surface area (Å²) in [6.07, 6.45) is 2.06. The number of benzene rings is 1. The number of aryl methyl sites for hydroxylation is 1.